The lowest BCUT2D eigenvalue weighted by molar-refractivity contribution is 0.0600. The van der Waals surface area contributed by atoms with Gasteiger partial charge in [0, 0.05) is 0 Å². The summed E-state index contributed by atoms with van der Waals surface area (Å²) in [6.45, 7) is 18.9. The van der Waals surface area contributed by atoms with Gasteiger partial charge in [-0.1, -0.05) is 85.2 Å². The molecule has 0 amide bonds. The van der Waals surface area contributed by atoms with E-state index in [1.54, 1.807) is 0 Å². The summed E-state index contributed by atoms with van der Waals surface area (Å²) >= 11 is 0. The van der Waals surface area contributed by atoms with Crippen LogP contribution < -0.4 is 0 Å². The zero-order valence-electron chi connectivity index (χ0n) is 22.1. The largest absolute Gasteiger partial charge is 0.465 e. The van der Waals surface area contributed by atoms with E-state index in [1.807, 2.05) is 24.3 Å². The highest BCUT2D eigenvalue weighted by molar-refractivity contribution is 5.90. The van der Waals surface area contributed by atoms with Crippen molar-refractivity contribution in [3.05, 3.63) is 69.8 Å². The maximum absolute atomic E-state index is 11.8. The topological polar surface area (TPSA) is 26.3 Å². The Morgan fingerprint density at radius 2 is 1.64 bits per heavy atom. The second-order valence-electron chi connectivity index (χ2n) is 11.2. The van der Waals surface area contributed by atoms with E-state index in [0.717, 1.165) is 17.9 Å². The first kappa shape index (κ1) is 25.3. The minimum Gasteiger partial charge on any atom is -0.465 e. The number of allylic oxidation sites excluding steroid dienone is 1. The number of hydrogen-bond donors (Lipinski definition) is 0. The number of carbonyl (C=O) groups is 1. The van der Waals surface area contributed by atoms with E-state index in [-0.39, 0.29) is 16.8 Å². The van der Waals surface area contributed by atoms with E-state index in [4.69, 9.17) is 4.74 Å². The Morgan fingerprint density at radius 3 is 2.18 bits per heavy atom. The summed E-state index contributed by atoms with van der Waals surface area (Å²) in [4.78, 5) is 11.8. The molecule has 2 unspecified atom stereocenters. The molecule has 2 nitrogen and oxygen atoms in total. The lowest BCUT2D eigenvalue weighted by Gasteiger charge is -2.32. The number of carbonyl (C=O) groups excluding carboxylic acids is 1. The molecule has 2 atom stereocenters. The molecule has 0 heterocycles. The standard InChI is InChI=1S/C31H42O2/c1-10-20(2)11-14-25-18-27-28(31(7,8)22(4)30(27,5)6)19-26(25)21(3)17-23-12-15-24(16-13-23)29(32)33-9/h12-13,15-20,22H,10-11,14H2,1-9H3/b21-17+. The molecule has 0 aliphatic heterocycles. The normalized spacial score (nSPS) is 19.8. The van der Waals surface area contributed by atoms with Crippen molar-refractivity contribution in [2.45, 2.75) is 85.5 Å². The summed E-state index contributed by atoms with van der Waals surface area (Å²) in [5.74, 6) is 1.00. The number of ether oxygens (including phenoxy) is 1. The molecule has 0 aromatic heterocycles. The molecule has 3 rings (SSSR count). The van der Waals surface area contributed by atoms with Crippen molar-refractivity contribution in [1.82, 2.24) is 0 Å². The van der Waals surface area contributed by atoms with Gasteiger partial charge >= 0.3 is 5.97 Å². The average molecular weight is 447 g/mol. The maximum atomic E-state index is 11.8. The van der Waals surface area contributed by atoms with Crippen LogP contribution in [-0.2, 0) is 22.0 Å². The second kappa shape index (κ2) is 9.49. The van der Waals surface area contributed by atoms with Crippen LogP contribution in [0, 0.1) is 11.8 Å². The van der Waals surface area contributed by atoms with Crippen molar-refractivity contribution >= 4 is 17.6 Å². The molecule has 0 spiro atoms. The summed E-state index contributed by atoms with van der Waals surface area (Å²) in [7, 11) is 1.42. The van der Waals surface area contributed by atoms with Crippen LogP contribution >= 0.6 is 0 Å². The van der Waals surface area contributed by atoms with Crippen molar-refractivity contribution in [3.63, 3.8) is 0 Å². The molecule has 0 saturated carbocycles. The van der Waals surface area contributed by atoms with Crippen LogP contribution in [0.4, 0.5) is 0 Å². The highest BCUT2D eigenvalue weighted by atomic mass is 16.5. The van der Waals surface area contributed by atoms with Gasteiger partial charge in [-0.3, -0.25) is 0 Å². The number of esters is 1. The smallest absolute Gasteiger partial charge is 0.337 e. The van der Waals surface area contributed by atoms with Crippen molar-refractivity contribution in [2.75, 3.05) is 7.11 Å². The summed E-state index contributed by atoms with van der Waals surface area (Å²) in [6.07, 6.45) is 5.78. The van der Waals surface area contributed by atoms with Crippen molar-refractivity contribution in [3.8, 4) is 0 Å². The lowest BCUT2D eigenvalue weighted by atomic mass is 9.71. The zero-order valence-corrected chi connectivity index (χ0v) is 22.1. The number of rotatable bonds is 7. The molecule has 178 valence electrons. The number of benzene rings is 2. The third-order valence-corrected chi connectivity index (χ3v) is 8.54. The van der Waals surface area contributed by atoms with Crippen molar-refractivity contribution in [2.24, 2.45) is 11.8 Å². The second-order valence-corrected chi connectivity index (χ2v) is 11.2. The molecule has 2 heteroatoms. The highest BCUT2D eigenvalue weighted by Gasteiger charge is 2.48. The van der Waals surface area contributed by atoms with Crippen molar-refractivity contribution < 1.29 is 9.53 Å². The fourth-order valence-corrected chi connectivity index (χ4v) is 5.42. The Bertz CT molecular complexity index is 1040. The Morgan fingerprint density at radius 1 is 1.06 bits per heavy atom. The first-order chi connectivity index (χ1) is 15.4. The van der Waals surface area contributed by atoms with E-state index in [1.165, 1.54) is 47.8 Å². The molecular weight excluding hydrogens is 404 g/mol. The van der Waals surface area contributed by atoms with Gasteiger partial charge < -0.3 is 4.74 Å². The summed E-state index contributed by atoms with van der Waals surface area (Å²) in [5.41, 5.74) is 9.12. The first-order valence-corrected chi connectivity index (χ1v) is 12.5. The molecule has 0 saturated heterocycles. The Balaban J connectivity index is 2.08. The Labute approximate surface area is 201 Å². The first-order valence-electron chi connectivity index (χ1n) is 12.5. The van der Waals surface area contributed by atoms with E-state index in [0.29, 0.717) is 11.5 Å². The van der Waals surface area contributed by atoms with Crippen LogP contribution in [-0.4, -0.2) is 13.1 Å². The molecule has 2 aromatic carbocycles. The fourth-order valence-electron chi connectivity index (χ4n) is 5.42. The van der Waals surface area contributed by atoms with Crippen LogP contribution in [0.5, 0.6) is 0 Å². The number of methoxy groups -OCH3 is 1. The number of aryl methyl sites for hydroxylation is 1. The van der Waals surface area contributed by atoms with Crippen LogP contribution in [0.15, 0.2) is 36.4 Å². The van der Waals surface area contributed by atoms with E-state index in [2.05, 4.69) is 73.6 Å². The molecular formula is C31H42O2. The summed E-state index contributed by atoms with van der Waals surface area (Å²) in [5, 5.41) is 0. The molecule has 0 N–H and O–H groups in total. The molecule has 1 aliphatic rings. The quantitative estimate of drug-likeness (QED) is 0.316. The van der Waals surface area contributed by atoms with Crippen LogP contribution in [0.3, 0.4) is 0 Å². The van der Waals surface area contributed by atoms with Gasteiger partial charge in [0.1, 0.15) is 0 Å². The van der Waals surface area contributed by atoms with Crippen LogP contribution in [0.25, 0.3) is 11.6 Å². The minimum absolute atomic E-state index is 0.144. The summed E-state index contributed by atoms with van der Waals surface area (Å²) in [6, 6.07) is 12.7. The van der Waals surface area contributed by atoms with Gasteiger partial charge in [-0.05, 0) is 88.0 Å². The average Bonchev–Trinajstić information content (AvgIpc) is 2.93. The zero-order chi connectivity index (χ0) is 24.6. The van der Waals surface area contributed by atoms with E-state index >= 15 is 0 Å². The van der Waals surface area contributed by atoms with Crippen LogP contribution in [0.2, 0.25) is 0 Å². The molecule has 0 fully saturated rings. The molecule has 0 radical (unpaired) electrons. The van der Waals surface area contributed by atoms with Gasteiger partial charge in [0.25, 0.3) is 0 Å². The van der Waals surface area contributed by atoms with E-state index < -0.39 is 0 Å². The fraction of sp³-hybridized carbons (Fsp3) is 0.516. The van der Waals surface area contributed by atoms with Gasteiger partial charge in [0.15, 0.2) is 0 Å². The monoisotopic (exact) mass is 446 g/mol. The Hall–Kier alpha value is -2.35. The third kappa shape index (κ3) is 4.81. The minimum atomic E-state index is -0.299. The third-order valence-electron chi connectivity index (χ3n) is 8.54. The van der Waals surface area contributed by atoms with Gasteiger partial charge in [0.2, 0.25) is 0 Å². The van der Waals surface area contributed by atoms with Crippen molar-refractivity contribution in [1.29, 1.82) is 0 Å². The van der Waals surface area contributed by atoms with Gasteiger partial charge in [-0.25, -0.2) is 4.79 Å². The van der Waals surface area contributed by atoms with Gasteiger partial charge in [-0.15, -0.1) is 0 Å². The Kier molecular flexibility index (Phi) is 7.27. The SMILES string of the molecule is CCC(C)CCc1cc2c(cc1/C(C)=C/c1ccc(C(=O)OC)cc1)C(C)(C)C(C)C2(C)C. The maximum Gasteiger partial charge on any atom is 0.337 e. The summed E-state index contributed by atoms with van der Waals surface area (Å²) < 4.78 is 4.83. The van der Waals surface area contributed by atoms with Crippen LogP contribution in [0.1, 0.15) is 106 Å². The molecule has 2 aromatic rings. The lowest BCUT2D eigenvalue weighted by Crippen LogP contribution is -2.30. The van der Waals surface area contributed by atoms with E-state index in [9.17, 15) is 4.79 Å². The van der Waals surface area contributed by atoms with Gasteiger partial charge in [0.05, 0.1) is 12.7 Å². The molecule has 1 aliphatic carbocycles. The predicted octanol–water partition coefficient (Wildman–Crippen LogP) is 8.22. The predicted molar refractivity (Wildman–Crippen MR) is 141 cm³/mol. The number of hydrogen-bond acceptors (Lipinski definition) is 2. The molecule has 33 heavy (non-hydrogen) atoms. The number of fused-ring (bicyclic) bond motifs is 1. The highest BCUT2D eigenvalue weighted by Crippen LogP contribution is 2.54. The van der Waals surface area contributed by atoms with Gasteiger partial charge in [-0.2, -0.15) is 0 Å². The molecule has 0 bridgehead atoms.